The molecule has 7 heteroatoms. The molecule has 2 atom stereocenters. The Balaban J connectivity index is 1.63. The van der Waals surface area contributed by atoms with Crippen LogP contribution in [0, 0.1) is 5.82 Å². The zero-order valence-corrected chi connectivity index (χ0v) is 13.9. The molecule has 0 radical (unpaired) electrons. The van der Waals surface area contributed by atoms with Crippen molar-refractivity contribution >= 4 is 11.8 Å². The molecule has 2 saturated heterocycles. The summed E-state index contributed by atoms with van der Waals surface area (Å²) < 4.78 is 19.0. The third-order valence-electron chi connectivity index (χ3n) is 4.73. The van der Waals surface area contributed by atoms with Gasteiger partial charge in [-0.05, 0) is 30.2 Å². The molecule has 3 heterocycles. The van der Waals surface area contributed by atoms with Crippen LogP contribution in [0.1, 0.15) is 18.0 Å². The summed E-state index contributed by atoms with van der Waals surface area (Å²) in [5.41, 5.74) is 0.850. The number of morpholine rings is 1. The molecule has 2 aliphatic heterocycles. The van der Waals surface area contributed by atoms with E-state index in [4.69, 9.17) is 9.72 Å². The van der Waals surface area contributed by atoms with Crippen molar-refractivity contribution in [2.75, 3.05) is 42.6 Å². The number of hydrogen-bond acceptors (Lipinski definition) is 6. The van der Waals surface area contributed by atoms with Crippen LogP contribution < -0.4 is 9.80 Å². The quantitative estimate of drug-likeness (QED) is 0.916. The molecule has 132 valence electrons. The number of aliphatic hydroxyl groups is 1. The molecule has 2 fully saturated rings. The summed E-state index contributed by atoms with van der Waals surface area (Å²) in [6.07, 6.45) is 1.83. The second-order valence-corrected chi connectivity index (χ2v) is 6.43. The molecule has 6 nitrogen and oxygen atoms in total. The van der Waals surface area contributed by atoms with Crippen molar-refractivity contribution in [3.63, 3.8) is 0 Å². The van der Waals surface area contributed by atoms with E-state index in [2.05, 4.69) is 9.88 Å². The van der Waals surface area contributed by atoms with Crippen molar-refractivity contribution in [2.45, 2.75) is 18.6 Å². The van der Waals surface area contributed by atoms with Crippen LogP contribution in [0.5, 0.6) is 0 Å². The van der Waals surface area contributed by atoms with Gasteiger partial charge in [-0.2, -0.15) is 4.98 Å². The summed E-state index contributed by atoms with van der Waals surface area (Å²) >= 11 is 0. The average molecular weight is 344 g/mol. The predicted octanol–water partition coefficient (Wildman–Crippen LogP) is 1.76. The van der Waals surface area contributed by atoms with Crippen LogP contribution in [0.15, 0.2) is 36.5 Å². The Kier molecular flexibility index (Phi) is 4.50. The first-order chi connectivity index (χ1) is 12.2. The smallest absolute Gasteiger partial charge is 0.227 e. The van der Waals surface area contributed by atoms with Crippen molar-refractivity contribution in [2.24, 2.45) is 0 Å². The lowest BCUT2D eigenvalue weighted by Gasteiger charge is -2.29. The molecule has 0 saturated carbocycles. The summed E-state index contributed by atoms with van der Waals surface area (Å²) in [5.74, 6) is 1.15. The Morgan fingerprint density at radius 3 is 2.84 bits per heavy atom. The molecule has 25 heavy (non-hydrogen) atoms. The Bertz CT molecular complexity index is 739. The topological polar surface area (TPSA) is 61.7 Å². The highest BCUT2D eigenvalue weighted by Gasteiger charge is 2.33. The maximum Gasteiger partial charge on any atom is 0.227 e. The summed E-state index contributed by atoms with van der Waals surface area (Å²) in [6.45, 7) is 3.34. The van der Waals surface area contributed by atoms with E-state index in [9.17, 15) is 9.50 Å². The first kappa shape index (κ1) is 16.2. The molecule has 0 unspecified atom stereocenters. The van der Waals surface area contributed by atoms with Crippen LogP contribution >= 0.6 is 0 Å². The lowest BCUT2D eigenvalue weighted by molar-refractivity contribution is 0.122. The van der Waals surface area contributed by atoms with Gasteiger partial charge < -0.3 is 19.6 Å². The Labute approximate surface area is 145 Å². The summed E-state index contributed by atoms with van der Waals surface area (Å²) in [6, 6.07) is 8.29. The lowest BCUT2D eigenvalue weighted by atomic mass is 10.0. The van der Waals surface area contributed by atoms with Gasteiger partial charge in [-0.3, -0.25) is 0 Å². The number of rotatable bonds is 3. The van der Waals surface area contributed by atoms with Gasteiger partial charge in [-0.15, -0.1) is 0 Å². The summed E-state index contributed by atoms with van der Waals surface area (Å²) in [7, 11) is 0. The molecular formula is C18H21FN4O2. The minimum absolute atomic E-state index is 0.0989. The Hall–Kier alpha value is -2.25. The maximum atomic E-state index is 13.6. The third kappa shape index (κ3) is 3.43. The molecule has 4 rings (SSSR count). The van der Waals surface area contributed by atoms with Crippen molar-refractivity contribution in [1.82, 2.24) is 9.97 Å². The van der Waals surface area contributed by atoms with E-state index in [1.165, 1.54) is 12.1 Å². The first-order valence-corrected chi connectivity index (χ1v) is 8.56. The largest absolute Gasteiger partial charge is 0.391 e. The number of ether oxygens (including phenoxy) is 1. The van der Waals surface area contributed by atoms with Crippen LogP contribution in [-0.2, 0) is 4.74 Å². The van der Waals surface area contributed by atoms with E-state index in [-0.39, 0.29) is 11.9 Å². The second kappa shape index (κ2) is 6.93. The van der Waals surface area contributed by atoms with Gasteiger partial charge in [-0.25, -0.2) is 9.37 Å². The Morgan fingerprint density at radius 1 is 1.20 bits per heavy atom. The van der Waals surface area contributed by atoms with Gasteiger partial charge in [0, 0.05) is 25.8 Å². The molecule has 1 aromatic carbocycles. The van der Waals surface area contributed by atoms with Gasteiger partial charge in [0.05, 0.1) is 25.4 Å². The highest BCUT2D eigenvalue weighted by Crippen LogP contribution is 2.36. The molecule has 0 bridgehead atoms. The number of anilines is 2. The fraction of sp³-hybridized carbons (Fsp3) is 0.444. The molecule has 2 aliphatic rings. The minimum atomic E-state index is -0.463. The number of nitrogens with zero attached hydrogens (tertiary/aromatic N) is 4. The first-order valence-electron chi connectivity index (χ1n) is 8.56. The van der Waals surface area contributed by atoms with Crippen LogP contribution in [0.25, 0.3) is 0 Å². The van der Waals surface area contributed by atoms with Gasteiger partial charge in [0.15, 0.2) is 0 Å². The molecule has 2 aromatic rings. The van der Waals surface area contributed by atoms with E-state index in [1.807, 2.05) is 17.0 Å². The standard InChI is InChI=1S/C18H21FN4O2/c19-14-3-1-2-13(10-14)16-11-15(24)12-23(16)17-4-5-20-18(21-17)22-6-8-25-9-7-22/h1-5,10,15-16,24H,6-9,11-12H2/t15-,16-/m1/s1. The lowest BCUT2D eigenvalue weighted by Crippen LogP contribution is -2.37. The maximum absolute atomic E-state index is 13.6. The van der Waals surface area contributed by atoms with Crippen LogP contribution in [0.2, 0.25) is 0 Å². The molecule has 1 aromatic heterocycles. The van der Waals surface area contributed by atoms with Crippen LogP contribution in [0.4, 0.5) is 16.2 Å². The number of halogens is 1. The molecule has 0 aliphatic carbocycles. The highest BCUT2D eigenvalue weighted by atomic mass is 19.1. The van der Waals surface area contributed by atoms with E-state index >= 15 is 0 Å². The van der Waals surface area contributed by atoms with E-state index in [1.54, 1.807) is 12.3 Å². The number of aromatic nitrogens is 2. The van der Waals surface area contributed by atoms with Gasteiger partial charge in [0.1, 0.15) is 11.6 Å². The monoisotopic (exact) mass is 344 g/mol. The van der Waals surface area contributed by atoms with Crippen molar-refractivity contribution in [3.05, 3.63) is 47.9 Å². The van der Waals surface area contributed by atoms with Crippen molar-refractivity contribution in [3.8, 4) is 0 Å². The normalized spacial score (nSPS) is 23.9. The van der Waals surface area contributed by atoms with Crippen molar-refractivity contribution in [1.29, 1.82) is 0 Å². The van der Waals surface area contributed by atoms with Gasteiger partial charge in [-0.1, -0.05) is 12.1 Å². The van der Waals surface area contributed by atoms with Gasteiger partial charge in [0.25, 0.3) is 0 Å². The third-order valence-corrected chi connectivity index (χ3v) is 4.73. The van der Waals surface area contributed by atoms with E-state index < -0.39 is 6.10 Å². The number of aliphatic hydroxyl groups excluding tert-OH is 1. The molecular weight excluding hydrogens is 323 g/mol. The SMILES string of the molecule is O[C@@H]1C[C@H](c2cccc(F)c2)N(c2ccnc(N3CCOCC3)n2)C1. The molecule has 1 N–H and O–H groups in total. The zero-order valence-electron chi connectivity index (χ0n) is 13.9. The number of hydrogen-bond donors (Lipinski definition) is 1. The average Bonchev–Trinajstić information content (AvgIpc) is 3.04. The predicted molar refractivity (Wildman–Crippen MR) is 92.2 cm³/mol. The Morgan fingerprint density at radius 2 is 2.04 bits per heavy atom. The zero-order chi connectivity index (χ0) is 17.2. The fourth-order valence-electron chi connectivity index (χ4n) is 3.51. The second-order valence-electron chi connectivity index (χ2n) is 6.43. The summed E-state index contributed by atoms with van der Waals surface area (Å²) in [5, 5.41) is 10.2. The van der Waals surface area contributed by atoms with Crippen LogP contribution in [-0.4, -0.2) is 54.0 Å². The van der Waals surface area contributed by atoms with Gasteiger partial charge in [0.2, 0.25) is 5.95 Å². The molecule has 0 amide bonds. The van der Waals surface area contributed by atoms with Gasteiger partial charge >= 0.3 is 0 Å². The minimum Gasteiger partial charge on any atom is -0.391 e. The summed E-state index contributed by atoms with van der Waals surface area (Å²) in [4.78, 5) is 13.2. The van der Waals surface area contributed by atoms with E-state index in [0.29, 0.717) is 32.1 Å². The molecule has 0 spiro atoms. The highest BCUT2D eigenvalue weighted by molar-refractivity contribution is 5.48. The number of benzene rings is 1. The van der Waals surface area contributed by atoms with Crippen molar-refractivity contribution < 1.29 is 14.2 Å². The van der Waals surface area contributed by atoms with E-state index in [0.717, 1.165) is 24.5 Å². The number of β-amino-alcohol motifs (C(OH)–C–C–N with tert-alkyl or cyclic N) is 1. The van der Waals surface area contributed by atoms with Crippen LogP contribution in [0.3, 0.4) is 0 Å². The fourth-order valence-corrected chi connectivity index (χ4v) is 3.51.